The first-order valence-corrected chi connectivity index (χ1v) is 17.4. The highest BCUT2D eigenvalue weighted by atomic mass is 16.5. The fourth-order valence-corrected chi connectivity index (χ4v) is 8.50. The molecule has 4 heterocycles. The molecule has 11 nitrogen and oxygen atoms in total. The van der Waals surface area contributed by atoms with E-state index in [0.29, 0.717) is 6.54 Å². The highest BCUT2D eigenvalue weighted by Gasteiger charge is 2.76. The maximum absolute atomic E-state index is 13.2. The van der Waals surface area contributed by atoms with Crippen LogP contribution in [0, 0.1) is 0 Å². The zero-order valence-corrected chi connectivity index (χ0v) is 28.3. The van der Waals surface area contributed by atoms with Crippen molar-refractivity contribution in [3.8, 4) is 0 Å². The van der Waals surface area contributed by atoms with Gasteiger partial charge in [0, 0.05) is 58.9 Å². The molecular weight excluding hydrogens is 530 g/mol. The fraction of sp³-hybridized carbons (Fsp3) is 1.00. The molecule has 2 N–H and O–H groups in total. The zero-order valence-electron chi connectivity index (χ0n) is 28.3. The normalized spacial score (nSPS) is 33.5. The van der Waals surface area contributed by atoms with Gasteiger partial charge in [-0.1, -0.05) is 41.0 Å². The van der Waals surface area contributed by atoms with Crippen molar-refractivity contribution in [2.45, 2.75) is 97.0 Å². The maximum atomic E-state index is 13.2. The van der Waals surface area contributed by atoms with Gasteiger partial charge in [-0.3, -0.25) is 24.5 Å². The third-order valence-electron chi connectivity index (χ3n) is 10.2. The Kier molecular flexibility index (Phi) is 12.5. The third kappa shape index (κ3) is 5.70. The summed E-state index contributed by atoms with van der Waals surface area (Å²) < 4.78 is 5.94. The lowest BCUT2D eigenvalue weighted by molar-refractivity contribution is -0.466. The summed E-state index contributed by atoms with van der Waals surface area (Å²) in [7, 11) is 4.09. The molecule has 0 aromatic carbocycles. The first kappa shape index (κ1) is 34.4. The highest BCUT2D eigenvalue weighted by Crippen LogP contribution is 2.52. The van der Waals surface area contributed by atoms with Crippen LogP contribution in [0.2, 0.25) is 0 Å². The van der Waals surface area contributed by atoms with E-state index in [1.54, 1.807) is 0 Å². The van der Waals surface area contributed by atoms with Crippen molar-refractivity contribution in [1.82, 2.24) is 45.0 Å². The van der Waals surface area contributed by atoms with Gasteiger partial charge in [0.15, 0.2) is 11.6 Å². The maximum Gasteiger partial charge on any atom is 0.207 e. The summed E-state index contributed by atoms with van der Waals surface area (Å²) in [6.45, 7) is 23.7. The molecule has 4 saturated heterocycles. The van der Waals surface area contributed by atoms with E-state index in [1.165, 1.54) is 32.1 Å². The van der Waals surface area contributed by atoms with Crippen molar-refractivity contribution in [3.05, 3.63) is 0 Å². The number of hydrazine groups is 2. The van der Waals surface area contributed by atoms with Crippen LogP contribution in [0.3, 0.4) is 0 Å². The van der Waals surface area contributed by atoms with Gasteiger partial charge in [0.05, 0.1) is 19.8 Å². The SMILES string of the molecule is CCCN(CCC)C1(N(CC)CC)N(NCC)C(O)(N(C)C)CN(N2CCOCC2)C1(N1CCCCC1)N1CCCC1. The Morgan fingerprint density at radius 2 is 1.26 bits per heavy atom. The van der Waals surface area contributed by atoms with E-state index >= 15 is 0 Å². The smallest absolute Gasteiger partial charge is 0.207 e. The quantitative estimate of drug-likeness (QED) is 0.290. The number of likely N-dealkylation sites (tertiary alicyclic amines) is 2. The van der Waals surface area contributed by atoms with Crippen molar-refractivity contribution in [3.63, 3.8) is 0 Å². The van der Waals surface area contributed by atoms with Gasteiger partial charge in [0.1, 0.15) is 0 Å². The minimum absolute atomic E-state index is 0.481. The number of hydrogen-bond donors (Lipinski definition) is 2. The summed E-state index contributed by atoms with van der Waals surface area (Å²) >= 11 is 0. The van der Waals surface area contributed by atoms with Crippen molar-refractivity contribution < 1.29 is 9.84 Å². The third-order valence-corrected chi connectivity index (χ3v) is 10.2. The molecule has 0 spiro atoms. The Hall–Kier alpha value is -0.440. The molecule has 11 heteroatoms. The summed E-state index contributed by atoms with van der Waals surface area (Å²) in [5, 5.41) is 20.7. The van der Waals surface area contributed by atoms with Crippen LogP contribution in [0.1, 0.15) is 79.6 Å². The number of nitrogens with zero attached hydrogens (tertiary/aromatic N) is 8. The lowest BCUT2D eigenvalue weighted by atomic mass is 9.91. The van der Waals surface area contributed by atoms with Crippen LogP contribution in [0.15, 0.2) is 0 Å². The molecule has 0 amide bonds. The van der Waals surface area contributed by atoms with Crippen LogP contribution in [-0.4, -0.2) is 168 Å². The van der Waals surface area contributed by atoms with E-state index in [2.05, 4.69) is 74.7 Å². The van der Waals surface area contributed by atoms with Crippen molar-refractivity contribution in [2.75, 3.05) is 106 Å². The van der Waals surface area contributed by atoms with Gasteiger partial charge in [-0.2, -0.15) is 10.0 Å². The van der Waals surface area contributed by atoms with E-state index in [9.17, 15) is 5.11 Å². The number of β-amino-alcohol motifs (C(OH)–C–C–N with tert-alkyl or cyclic N) is 1. The second-order valence-electron chi connectivity index (χ2n) is 12.8. The fourth-order valence-electron chi connectivity index (χ4n) is 8.50. The molecule has 4 aliphatic rings. The van der Waals surface area contributed by atoms with Crippen LogP contribution in [-0.2, 0) is 4.74 Å². The molecule has 0 saturated carbocycles. The van der Waals surface area contributed by atoms with Crippen LogP contribution < -0.4 is 5.43 Å². The average Bonchev–Trinajstić information content (AvgIpc) is 3.55. The molecule has 4 aliphatic heterocycles. The number of piperazine rings is 1. The Morgan fingerprint density at radius 1 is 0.738 bits per heavy atom. The molecule has 3 unspecified atom stereocenters. The van der Waals surface area contributed by atoms with E-state index < -0.39 is 17.4 Å². The predicted octanol–water partition coefficient (Wildman–Crippen LogP) is 1.94. The van der Waals surface area contributed by atoms with E-state index in [0.717, 1.165) is 98.0 Å². The summed E-state index contributed by atoms with van der Waals surface area (Å²) in [6, 6.07) is 0. The van der Waals surface area contributed by atoms with Crippen LogP contribution >= 0.6 is 0 Å². The summed E-state index contributed by atoms with van der Waals surface area (Å²) in [6.07, 6.45) is 8.23. The zero-order chi connectivity index (χ0) is 30.4. The summed E-state index contributed by atoms with van der Waals surface area (Å²) in [4.78, 5) is 13.2. The standard InChI is InChI=1S/C31H65N9O2/c1-8-18-35(19-9-2)31(34(11-4)12-5)30(37-22-16-17-23-37,36-20-14-13-15-21-36)39(38-24-26-42-27-25-38)28-29(41,33(6)7)40(31)32-10-3/h32,41H,8-28H2,1-7H3. The van der Waals surface area contributed by atoms with Crippen molar-refractivity contribution in [1.29, 1.82) is 0 Å². The van der Waals surface area contributed by atoms with Gasteiger partial charge in [-0.05, 0) is 65.7 Å². The molecule has 4 rings (SSSR count). The minimum Gasteiger partial charge on any atom is -0.379 e. The van der Waals surface area contributed by atoms with E-state index in [4.69, 9.17) is 4.74 Å². The van der Waals surface area contributed by atoms with Gasteiger partial charge in [-0.25, -0.2) is 10.4 Å². The monoisotopic (exact) mass is 596 g/mol. The number of nitrogens with one attached hydrogen (secondary N) is 1. The molecule has 0 aliphatic carbocycles. The van der Waals surface area contributed by atoms with Crippen molar-refractivity contribution in [2.24, 2.45) is 0 Å². The second-order valence-corrected chi connectivity index (χ2v) is 12.8. The topological polar surface area (TPSA) is 67.4 Å². The first-order valence-electron chi connectivity index (χ1n) is 17.4. The molecule has 246 valence electrons. The van der Waals surface area contributed by atoms with Gasteiger partial charge < -0.3 is 9.84 Å². The Labute approximate surface area is 257 Å². The molecule has 0 bridgehead atoms. The van der Waals surface area contributed by atoms with Crippen LogP contribution in [0.4, 0.5) is 0 Å². The number of ether oxygens (including phenoxy) is 1. The molecule has 0 aromatic heterocycles. The van der Waals surface area contributed by atoms with Gasteiger partial charge >= 0.3 is 0 Å². The molecule has 0 radical (unpaired) electrons. The Balaban J connectivity index is 2.18. The van der Waals surface area contributed by atoms with Crippen molar-refractivity contribution >= 4 is 0 Å². The highest BCUT2D eigenvalue weighted by molar-refractivity contribution is 5.16. The number of piperidine rings is 1. The summed E-state index contributed by atoms with van der Waals surface area (Å²) in [5.41, 5.74) is 3.87. The lowest BCUT2D eigenvalue weighted by Crippen LogP contribution is -3.00. The van der Waals surface area contributed by atoms with E-state index in [1.807, 2.05) is 19.0 Å². The average molecular weight is 596 g/mol. The molecule has 42 heavy (non-hydrogen) atoms. The Morgan fingerprint density at radius 3 is 1.71 bits per heavy atom. The van der Waals surface area contributed by atoms with Crippen LogP contribution in [0.25, 0.3) is 0 Å². The molecule has 4 fully saturated rings. The largest absolute Gasteiger partial charge is 0.379 e. The van der Waals surface area contributed by atoms with E-state index in [-0.39, 0.29) is 0 Å². The molecule has 0 aromatic rings. The minimum atomic E-state index is -1.27. The summed E-state index contributed by atoms with van der Waals surface area (Å²) in [5.74, 6) is -2.49. The number of morpholine rings is 1. The lowest BCUT2D eigenvalue weighted by Gasteiger charge is -2.77. The predicted molar refractivity (Wildman–Crippen MR) is 170 cm³/mol. The first-order chi connectivity index (χ1) is 20.3. The second kappa shape index (κ2) is 15.2. The number of aliphatic hydroxyl groups is 1. The Bertz CT molecular complexity index is 795. The molecular formula is C31H65N9O2. The van der Waals surface area contributed by atoms with Gasteiger partial charge in [0.25, 0.3) is 0 Å². The van der Waals surface area contributed by atoms with Crippen LogP contribution in [0.5, 0.6) is 0 Å². The van der Waals surface area contributed by atoms with Gasteiger partial charge in [0.2, 0.25) is 5.85 Å². The number of rotatable bonds is 14. The van der Waals surface area contributed by atoms with Gasteiger partial charge in [-0.15, -0.1) is 0 Å². The number of hydrogen-bond acceptors (Lipinski definition) is 11. The number of likely N-dealkylation sites (N-methyl/N-ethyl adjacent to an activating group) is 2. The molecule has 3 atom stereocenters.